The molecule has 0 unspecified atom stereocenters. The summed E-state index contributed by atoms with van der Waals surface area (Å²) in [5.74, 6) is -0.574. The summed E-state index contributed by atoms with van der Waals surface area (Å²) in [7, 11) is 3.26. The van der Waals surface area contributed by atoms with E-state index in [9.17, 15) is 9.59 Å². The van der Waals surface area contributed by atoms with Gasteiger partial charge in [-0.05, 0) is 49.4 Å². The first-order valence-corrected chi connectivity index (χ1v) is 9.29. The van der Waals surface area contributed by atoms with E-state index in [-0.39, 0.29) is 12.1 Å². The first-order valence-electron chi connectivity index (χ1n) is 9.29. The van der Waals surface area contributed by atoms with Crippen LogP contribution in [0.2, 0.25) is 0 Å². The maximum atomic E-state index is 12.3. The minimum absolute atomic E-state index is 0.225. The summed E-state index contributed by atoms with van der Waals surface area (Å²) in [6.45, 7) is 1.72. The number of amides is 1. The SMILES string of the molecule is COC(=O)CNC(=O)c1cc(N)ccc1OCCN(C)CCc1ccc(N)cc1. The number of methoxy groups -OCH3 is 1. The Bertz CT molecular complexity index is 824. The molecular formula is C21H28N4O4. The van der Waals surface area contributed by atoms with Gasteiger partial charge < -0.3 is 31.2 Å². The lowest BCUT2D eigenvalue weighted by Crippen LogP contribution is -2.31. The molecule has 2 aromatic carbocycles. The smallest absolute Gasteiger partial charge is 0.325 e. The van der Waals surface area contributed by atoms with Gasteiger partial charge in [-0.25, -0.2) is 0 Å². The minimum Gasteiger partial charge on any atom is -0.491 e. The first kappa shape index (κ1) is 22.0. The molecule has 156 valence electrons. The van der Waals surface area contributed by atoms with Crippen LogP contribution in [0.1, 0.15) is 15.9 Å². The first-order chi connectivity index (χ1) is 13.9. The van der Waals surface area contributed by atoms with E-state index in [0.717, 1.165) is 18.7 Å². The van der Waals surface area contributed by atoms with Crippen LogP contribution in [-0.4, -0.2) is 57.2 Å². The molecule has 0 saturated carbocycles. The summed E-state index contributed by atoms with van der Waals surface area (Å²) in [6, 6.07) is 12.7. The normalized spacial score (nSPS) is 10.6. The van der Waals surface area contributed by atoms with Crippen molar-refractivity contribution in [3.8, 4) is 5.75 Å². The van der Waals surface area contributed by atoms with Gasteiger partial charge in [0.15, 0.2) is 0 Å². The molecule has 0 saturated heterocycles. The summed E-state index contributed by atoms with van der Waals surface area (Å²) in [6.07, 6.45) is 0.903. The summed E-state index contributed by atoms with van der Waals surface area (Å²) in [4.78, 5) is 25.7. The largest absolute Gasteiger partial charge is 0.491 e. The van der Waals surface area contributed by atoms with Crippen LogP contribution < -0.4 is 21.5 Å². The van der Waals surface area contributed by atoms with Crippen molar-refractivity contribution in [2.24, 2.45) is 0 Å². The van der Waals surface area contributed by atoms with Crippen LogP contribution >= 0.6 is 0 Å². The average molecular weight is 400 g/mol. The number of carbonyl (C=O) groups is 2. The number of rotatable bonds is 10. The van der Waals surface area contributed by atoms with Gasteiger partial charge in [0.1, 0.15) is 18.9 Å². The number of nitrogens with zero attached hydrogens (tertiary/aromatic N) is 1. The Kier molecular flexibility index (Phi) is 8.29. The molecule has 0 aliphatic heterocycles. The molecule has 0 atom stereocenters. The predicted octanol–water partition coefficient (Wildman–Crippen LogP) is 1.31. The number of benzene rings is 2. The van der Waals surface area contributed by atoms with Gasteiger partial charge in [0.2, 0.25) is 0 Å². The van der Waals surface area contributed by atoms with Crippen molar-refractivity contribution in [1.82, 2.24) is 10.2 Å². The van der Waals surface area contributed by atoms with Gasteiger partial charge in [0.25, 0.3) is 5.91 Å². The standard InChI is InChI=1S/C21H28N4O4/c1-25(10-9-15-3-5-16(22)6-4-15)11-12-29-19-8-7-17(23)13-18(19)21(27)24-14-20(26)28-2/h3-8,13H,9-12,14,22-23H2,1-2H3,(H,24,27). The summed E-state index contributed by atoms with van der Waals surface area (Å²) < 4.78 is 10.3. The molecule has 8 nitrogen and oxygen atoms in total. The van der Waals surface area contributed by atoms with Crippen molar-refractivity contribution in [2.45, 2.75) is 6.42 Å². The summed E-state index contributed by atoms with van der Waals surface area (Å²) in [5, 5.41) is 2.49. The van der Waals surface area contributed by atoms with Crippen molar-refractivity contribution in [3.05, 3.63) is 53.6 Å². The number of nitrogen functional groups attached to an aromatic ring is 2. The van der Waals surface area contributed by atoms with E-state index >= 15 is 0 Å². The van der Waals surface area contributed by atoms with E-state index < -0.39 is 11.9 Å². The van der Waals surface area contributed by atoms with Crippen LogP contribution in [0.4, 0.5) is 11.4 Å². The zero-order chi connectivity index (χ0) is 21.2. The molecular weight excluding hydrogens is 372 g/mol. The molecule has 5 N–H and O–H groups in total. The van der Waals surface area contributed by atoms with Gasteiger partial charge in [-0.2, -0.15) is 0 Å². The molecule has 0 aromatic heterocycles. The highest BCUT2D eigenvalue weighted by Gasteiger charge is 2.15. The van der Waals surface area contributed by atoms with Crippen molar-refractivity contribution in [2.75, 3.05) is 51.9 Å². The molecule has 0 heterocycles. The van der Waals surface area contributed by atoms with E-state index in [1.165, 1.54) is 18.7 Å². The number of esters is 1. The highest BCUT2D eigenvalue weighted by molar-refractivity contribution is 5.99. The van der Waals surface area contributed by atoms with Gasteiger partial charge in [-0.15, -0.1) is 0 Å². The van der Waals surface area contributed by atoms with Crippen molar-refractivity contribution < 1.29 is 19.1 Å². The molecule has 2 aromatic rings. The molecule has 0 aliphatic rings. The lowest BCUT2D eigenvalue weighted by molar-refractivity contribution is -0.139. The Labute approximate surface area is 170 Å². The number of likely N-dealkylation sites (N-methyl/N-ethyl adjacent to an activating group) is 1. The number of anilines is 2. The van der Waals surface area contributed by atoms with E-state index in [4.69, 9.17) is 16.2 Å². The number of ether oxygens (including phenoxy) is 2. The zero-order valence-corrected chi connectivity index (χ0v) is 16.8. The summed E-state index contributed by atoms with van der Waals surface area (Å²) in [5.41, 5.74) is 14.2. The topological polar surface area (TPSA) is 120 Å². The molecule has 0 fully saturated rings. The van der Waals surface area contributed by atoms with Crippen LogP contribution in [0.5, 0.6) is 5.75 Å². The quantitative estimate of drug-likeness (QED) is 0.406. The number of nitrogens with two attached hydrogens (primary N) is 2. The van der Waals surface area contributed by atoms with E-state index in [2.05, 4.69) is 15.0 Å². The lowest BCUT2D eigenvalue weighted by atomic mass is 10.1. The van der Waals surface area contributed by atoms with Crippen LogP contribution in [0.25, 0.3) is 0 Å². The van der Waals surface area contributed by atoms with E-state index in [1.807, 2.05) is 31.3 Å². The van der Waals surface area contributed by atoms with Gasteiger partial charge in [-0.3, -0.25) is 9.59 Å². The number of hydrogen-bond acceptors (Lipinski definition) is 7. The fraction of sp³-hybridized carbons (Fsp3) is 0.333. The second kappa shape index (κ2) is 10.9. The Morgan fingerprint density at radius 3 is 2.41 bits per heavy atom. The van der Waals surface area contributed by atoms with Crippen LogP contribution in [-0.2, 0) is 16.0 Å². The number of hydrogen-bond donors (Lipinski definition) is 3. The molecule has 29 heavy (non-hydrogen) atoms. The average Bonchev–Trinajstić information content (AvgIpc) is 2.72. The van der Waals surface area contributed by atoms with Crippen LogP contribution in [0.15, 0.2) is 42.5 Å². The Hall–Kier alpha value is -3.26. The second-order valence-electron chi connectivity index (χ2n) is 6.66. The molecule has 0 aliphatic carbocycles. The highest BCUT2D eigenvalue weighted by atomic mass is 16.5. The second-order valence-corrected chi connectivity index (χ2v) is 6.66. The Balaban J connectivity index is 1.85. The fourth-order valence-corrected chi connectivity index (χ4v) is 2.60. The highest BCUT2D eigenvalue weighted by Crippen LogP contribution is 2.21. The maximum absolute atomic E-state index is 12.3. The van der Waals surface area contributed by atoms with Crippen molar-refractivity contribution in [3.63, 3.8) is 0 Å². The third kappa shape index (κ3) is 7.34. The maximum Gasteiger partial charge on any atom is 0.325 e. The Morgan fingerprint density at radius 2 is 1.72 bits per heavy atom. The van der Waals surface area contributed by atoms with Gasteiger partial charge >= 0.3 is 5.97 Å². The molecule has 0 bridgehead atoms. The van der Waals surface area contributed by atoms with E-state index in [1.54, 1.807) is 12.1 Å². The molecule has 8 heteroatoms. The van der Waals surface area contributed by atoms with Crippen LogP contribution in [0.3, 0.4) is 0 Å². The zero-order valence-electron chi connectivity index (χ0n) is 16.8. The third-order valence-corrected chi connectivity index (χ3v) is 4.36. The molecule has 1 amide bonds. The predicted molar refractivity (Wildman–Crippen MR) is 113 cm³/mol. The fourth-order valence-electron chi connectivity index (χ4n) is 2.60. The van der Waals surface area contributed by atoms with E-state index in [0.29, 0.717) is 24.6 Å². The third-order valence-electron chi connectivity index (χ3n) is 4.36. The number of carbonyl (C=O) groups excluding carboxylic acids is 2. The van der Waals surface area contributed by atoms with Crippen molar-refractivity contribution in [1.29, 1.82) is 0 Å². The Morgan fingerprint density at radius 1 is 1.03 bits per heavy atom. The van der Waals surface area contributed by atoms with Gasteiger partial charge in [0, 0.05) is 24.5 Å². The monoisotopic (exact) mass is 400 g/mol. The molecule has 0 radical (unpaired) electrons. The van der Waals surface area contributed by atoms with Crippen LogP contribution in [0, 0.1) is 0 Å². The number of nitrogens with one attached hydrogen (secondary N) is 1. The van der Waals surface area contributed by atoms with Gasteiger partial charge in [-0.1, -0.05) is 12.1 Å². The molecule has 0 spiro atoms. The molecule has 2 rings (SSSR count). The summed E-state index contributed by atoms with van der Waals surface area (Å²) >= 11 is 0. The minimum atomic E-state index is -0.535. The van der Waals surface area contributed by atoms with Crippen molar-refractivity contribution >= 4 is 23.3 Å². The lowest BCUT2D eigenvalue weighted by Gasteiger charge is -2.18. The van der Waals surface area contributed by atoms with Gasteiger partial charge in [0.05, 0.1) is 12.7 Å².